The Labute approximate surface area is 201 Å². The second-order valence-electron chi connectivity index (χ2n) is 8.16. The number of aryl methyl sites for hydroxylation is 1. The maximum Gasteiger partial charge on any atom is 0.338 e. The summed E-state index contributed by atoms with van der Waals surface area (Å²) in [6.45, 7) is 6.31. The Morgan fingerprint density at radius 1 is 1.18 bits per heavy atom. The molecular formula is C24H28N4O3S2. The number of nitrogens with one attached hydrogen (secondary N) is 1. The molecule has 0 spiro atoms. The molecule has 0 saturated carbocycles. The Morgan fingerprint density at radius 3 is 2.67 bits per heavy atom. The number of benzene rings is 1. The summed E-state index contributed by atoms with van der Waals surface area (Å²) in [4.78, 5) is 25.8. The Balaban J connectivity index is 1.43. The van der Waals surface area contributed by atoms with Crippen molar-refractivity contribution in [1.82, 2.24) is 14.8 Å². The lowest BCUT2D eigenvalue weighted by Gasteiger charge is -2.16. The van der Waals surface area contributed by atoms with E-state index >= 15 is 0 Å². The number of amides is 1. The zero-order chi connectivity index (χ0) is 23.4. The number of hydrogen-bond donors (Lipinski definition) is 1. The molecular weight excluding hydrogens is 456 g/mol. The second-order valence-corrected chi connectivity index (χ2v) is 10.1. The van der Waals surface area contributed by atoms with E-state index in [2.05, 4.69) is 39.3 Å². The smallest absolute Gasteiger partial charge is 0.338 e. The molecule has 2 heterocycles. The lowest BCUT2D eigenvalue weighted by molar-refractivity contribution is -0.113. The molecule has 33 heavy (non-hydrogen) atoms. The van der Waals surface area contributed by atoms with Gasteiger partial charge in [0.15, 0.2) is 11.0 Å². The molecule has 0 radical (unpaired) electrons. The van der Waals surface area contributed by atoms with Gasteiger partial charge in [-0.05, 0) is 76.3 Å². The van der Waals surface area contributed by atoms with Crippen LogP contribution in [-0.2, 0) is 22.4 Å². The molecule has 1 aliphatic carbocycles. The lowest BCUT2D eigenvalue weighted by Crippen LogP contribution is -2.15. The van der Waals surface area contributed by atoms with Crippen molar-refractivity contribution < 1.29 is 14.3 Å². The zero-order valence-electron chi connectivity index (χ0n) is 19.1. The van der Waals surface area contributed by atoms with E-state index in [1.807, 2.05) is 11.3 Å². The average Bonchev–Trinajstić information content (AvgIpc) is 3.42. The van der Waals surface area contributed by atoms with E-state index in [4.69, 9.17) is 4.74 Å². The summed E-state index contributed by atoms with van der Waals surface area (Å²) in [6.07, 6.45) is 4.72. The largest absolute Gasteiger partial charge is 0.462 e. The van der Waals surface area contributed by atoms with Gasteiger partial charge in [0.2, 0.25) is 5.91 Å². The first-order valence-electron chi connectivity index (χ1n) is 11.2. The van der Waals surface area contributed by atoms with E-state index < -0.39 is 0 Å². The topological polar surface area (TPSA) is 86.1 Å². The number of esters is 1. The third-order valence-electron chi connectivity index (χ3n) is 5.50. The van der Waals surface area contributed by atoms with E-state index in [9.17, 15) is 9.59 Å². The van der Waals surface area contributed by atoms with Crippen molar-refractivity contribution in [2.24, 2.45) is 0 Å². The van der Waals surface area contributed by atoms with Crippen LogP contribution in [-0.4, -0.2) is 39.0 Å². The number of thioether (sulfide) groups is 1. The predicted molar refractivity (Wildman–Crippen MR) is 132 cm³/mol. The molecule has 3 aromatic rings. The van der Waals surface area contributed by atoms with Crippen LogP contribution < -0.4 is 5.32 Å². The monoisotopic (exact) mass is 484 g/mol. The number of carbonyl (C=O) groups excluding carboxylic acids is 2. The number of fused-ring (bicyclic) bond motifs is 1. The fourth-order valence-corrected chi connectivity index (χ4v) is 5.93. The summed E-state index contributed by atoms with van der Waals surface area (Å²) in [5.41, 5.74) is 3.69. The normalized spacial score (nSPS) is 13.1. The van der Waals surface area contributed by atoms with Gasteiger partial charge >= 0.3 is 5.97 Å². The molecule has 1 aliphatic rings. The van der Waals surface area contributed by atoms with Crippen molar-refractivity contribution in [1.29, 1.82) is 0 Å². The SMILES string of the molecule is CCOC(=O)c1ccc(NC(=O)CSc2nnc(-c3csc4c3CCCC4)n2C(C)C)cc1. The van der Waals surface area contributed by atoms with Gasteiger partial charge in [-0.2, -0.15) is 0 Å². The number of carbonyl (C=O) groups is 2. The van der Waals surface area contributed by atoms with E-state index in [0.717, 1.165) is 23.8 Å². The van der Waals surface area contributed by atoms with Gasteiger partial charge in [0.25, 0.3) is 0 Å². The molecule has 0 atom stereocenters. The van der Waals surface area contributed by atoms with Crippen LogP contribution in [0.15, 0.2) is 34.8 Å². The predicted octanol–water partition coefficient (Wildman–Crippen LogP) is 5.37. The quantitative estimate of drug-likeness (QED) is 0.342. The summed E-state index contributed by atoms with van der Waals surface area (Å²) >= 11 is 3.20. The highest BCUT2D eigenvalue weighted by atomic mass is 32.2. The highest BCUT2D eigenvalue weighted by molar-refractivity contribution is 7.99. The average molecular weight is 485 g/mol. The van der Waals surface area contributed by atoms with Crippen LogP contribution >= 0.6 is 23.1 Å². The lowest BCUT2D eigenvalue weighted by atomic mass is 9.95. The van der Waals surface area contributed by atoms with Crippen molar-refractivity contribution in [2.75, 3.05) is 17.7 Å². The third kappa shape index (κ3) is 5.30. The number of anilines is 1. The molecule has 4 rings (SSSR count). The van der Waals surface area contributed by atoms with Crippen LogP contribution in [0, 0.1) is 0 Å². The Morgan fingerprint density at radius 2 is 1.94 bits per heavy atom. The highest BCUT2D eigenvalue weighted by Gasteiger charge is 2.23. The number of ether oxygens (including phenoxy) is 1. The third-order valence-corrected chi connectivity index (χ3v) is 7.53. The van der Waals surface area contributed by atoms with Gasteiger partial charge in [0, 0.05) is 27.5 Å². The van der Waals surface area contributed by atoms with Gasteiger partial charge in [-0.3, -0.25) is 9.36 Å². The molecule has 0 aliphatic heterocycles. The first kappa shape index (κ1) is 23.5. The van der Waals surface area contributed by atoms with E-state index in [1.165, 1.54) is 40.6 Å². The molecule has 0 bridgehead atoms. The summed E-state index contributed by atoms with van der Waals surface area (Å²) < 4.78 is 7.11. The first-order valence-corrected chi connectivity index (χ1v) is 13.1. The van der Waals surface area contributed by atoms with Gasteiger partial charge in [0.05, 0.1) is 17.9 Å². The van der Waals surface area contributed by atoms with Crippen LogP contribution in [0.4, 0.5) is 5.69 Å². The van der Waals surface area contributed by atoms with Crippen molar-refractivity contribution in [3.05, 3.63) is 45.6 Å². The van der Waals surface area contributed by atoms with E-state index in [0.29, 0.717) is 17.9 Å². The van der Waals surface area contributed by atoms with Crippen LogP contribution in [0.3, 0.4) is 0 Å². The van der Waals surface area contributed by atoms with E-state index in [-0.39, 0.29) is 23.7 Å². The Bertz CT molecular complexity index is 1140. The minimum absolute atomic E-state index is 0.142. The van der Waals surface area contributed by atoms with Gasteiger partial charge in [-0.1, -0.05) is 11.8 Å². The maximum absolute atomic E-state index is 12.5. The van der Waals surface area contributed by atoms with Gasteiger partial charge < -0.3 is 10.1 Å². The van der Waals surface area contributed by atoms with Crippen molar-refractivity contribution in [3.63, 3.8) is 0 Å². The summed E-state index contributed by atoms with van der Waals surface area (Å²) in [6, 6.07) is 6.86. The van der Waals surface area contributed by atoms with Gasteiger partial charge in [-0.15, -0.1) is 21.5 Å². The molecule has 0 fully saturated rings. The standard InChI is InChI=1S/C24H28N4O3S2/c1-4-31-23(30)16-9-11-17(12-10-16)25-21(29)14-33-24-27-26-22(28(24)15(2)3)19-13-32-20-8-6-5-7-18(19)20/h9-13,15H,4-8,14H2,1-3H3,(H,25,29). The fourth-order valence-electron chi connectivity index (χ4n) is 3.94. The maximum atomic E-state index is 12.5. The summed E-state index contributed by atoms with van der Waals surface area (Å²) in [5.74, 6) is 0.590. The molecule has 174 valence electrons. The fraction of sp³-hybridized carbons (Fsp3) is 0.417. The number of nitrogens with zero attached hydrogens (tertiary/aromatic N) is 3. The van der Waals surface area contributed by atoms with Crippen molar-refractivity contribution in [2.45, 2.75) is 57.7 Å². The molecule has 1 N–H and O–H groups in total. The molecule has 2 aromatic heterocycles. The van der Waals surface area contributed by atoms with Crippen LogP contribution in [0.2, 0.25) is 0 Å². The molecule has 9 heteroatoms. The van der Waals surface area contributed by atoms with Crippen molar-refractivity contribution in [3.8, 4) is 11.4 Å². The van der Waals surface area contributed by atoms with Gasteiger partial charge in [0.1, 0.15) is 0 Å². The number of rotatable bonds is 8. The minimum Gasteiger partial charge on any atom is -0.462 e. The summed E-state index contributed by atoms with van der Waals surface area (Å²) in [7, 11) is 0. The van der Waals surface area contributed by atoms with Crippen LogP contribution in [0.5, 0.6) is 0 Å². The zero-order valence-corrected chi connectivity index (χ0v) is 20.7. The van der Waals surface area contributed by atoms with E-state index in [1.54, 1.807) is 31.2 Å². The van der Waals surface area contributed by atoms with Crippen molar-refractivity contribution >= 4 is 40.7 Å². The molecule has 0 saturated heterocycles. The minimum atomic E-state index is -0.373. The van der Waals surface area contributed by atoms with Crippen LogP contribution in [0.1, 0.15) is 60.5 Å². The number of thiophene rings is 1. The first-order chi connectivity index (χ1) is 16.0. The Hall–Kier alpha value is -2.65. The second kappa shape index (κ2) is 10.5. The molecule has 0 unspecified atom stereocenters. The summed E-state index contributed by atoms with van der Waals surface area (Å²) in [5, 5.41) is 14.7. The number of aromatic nitrogens is 3. The van der Waals surface area contributed by atoms with Crippen LogP contribution in [0.25, 0.3) is 11.4 Å². The highest BCUT2D eigenvalue weighted by Crippen LogP contribution is 2.37. The molecule has 1 aromatic carbocycles. The number of hydrogen-bond acceptors (Lipinski definition) is 7. The Kier molecular flexibility index (Phi) is 7.49. The van der Waals surface area contributed by atoms with Gasteiger partial charge in [-0.25, -0.2) is 4.79 Å². The molecule has 1 amide bonds. The molecule has 7 nitrogen and oxygen atoms in total.